The third kappa shape index (κ3) is 3.66. The molecule has 0 saturated carbocycles. The molecule has 2 aromatic rings. The first kappa shape index (κ1) is 17.7. The van der Waals surface area contributed by atoms with E-state index in [9.17, 15) is 4.79 Å². The van der Waals surface area contributed by atoms with Gasteiger partial charge in [0.1, 0.15) is 0 Å². The molecule has 2 N–H and O–H groups in total. The van der Waals surface area contributed by atoms with Crippen molar-refractivity contribution in [1.29, 1.82) is 0 Å². The van der Waals surface area contributed by atoms with Crippen LogP contribution in [0.1, 0.15) is 18.4 Å². The van der Waals surface area contributed by atoms with Crippen molar-refractivity contribution in [2.45, 2.75) is 24.9 Å². The van der Waals surface area contributed by atoms with Crippen LogP contribution >= 0.6 is 12.4 Å². The molecule has 0 atom stereocenters. The van der Waals surface area contributed by atoms with Crippen molar-refractivity contribution < 1.29 is 9.53 Å². The number of hydrogen-bond acceptors (Lipinski definition) is 3. The Morgan fingerprint density at radius 3 is 2.57 bits per heavy atom. The zero-order chi connectivity index (χ0) is 15.6. The van der Waals surface area contributed by atoms with Gasteiger partial charge in [-0.25, -0.2) is 0 Å². The minimum absolute atomic E-state index is 0. The first-order valence-corrected chi connectivity index (χ1v) is 7.69. The number of likely N-dealkylation sites (N-methyl/N-ethyl adjacent to an activating group) is 1. The molecule has 0 aliphatic carbocycles. The van der Waals surface area contributed by atoms with Gasteiger partial charge >= 0.3 is 0 Å². The van der Waals surface area contributed by atoms with E-state index < -0.39 is 5.54 Å². The topological polar surface area (TPSA) is 55.6 Å². The summed E-state index contributed by atoms with van der Waals surface area (Å²) in [5, 5.41) is 2.37. The third-order valence-corrected chi connectivity index (χ3v) is 4.45. The molecule has 1 amide bonds. The van der Waals surface area contributed by atoms with Crippen molar-refractivity contribution in [3.63, 3.8) is 0 Å². The largest absolute Gasteiger partial charge is 0.381 e. The van der Waals surface area contributed by atoms with Crippen LogP contribution in [0, 0.1) is 0 Å². The number of fused-ring (bicyclic) bond motifs is 1. The van der Waals surface area contributed by atoms with Gasteiger partial charge in [0.2, 0.25) is 5.91 Å². The van der Waals surface area contributed by atoms with E-state index in [0.29, 0.717) is 32.6 Å². The molecule has 4 nitrogen and oxygen atoms in total. The van der Waals surface area contributed by atoms with Crippen LogP contribution < -0.4 is 5.73 Å². The van der Waals surface area contributed by atoms with Gasteiger partial charge in [0.05, 0.1) is 5.54 Å². The summed E-state index contributed by atoms with van der Waals surface area (Å²) in [6.45, 7) is 1.69. The molecule has 1 saturated heterocycles. The first-order chi connectivity index (χ1) is 10.6. The monoisotopic (exact) mass is 334 g/mol. The smallest absolute Gasteiger partial charge is 0.242 e. The molecule has 2 aromatic carbocycles. The summed E-state index contributed by atoms with van der Waals surface area (Å²) < 4.78 is 5.32. The summed E-state index contributed by atoms with van der Waals surface area (Å²) >= 11 is 0. The lowest BCUT2D eigenvalue weighted by Gasteiger charge is -2.35. The van der Waals surface area contributed by atoms with Gasteiger partial charge in [-0.3, -0.25) is 4.79 Å². The van der Waals surface area contributed by atoms with Crippen LogP contribution in [0.25, 0.3) is 10.8 Å². The molecule has 1 aliphatic rings. The molecule has 0 aromatic heterocycles. The summed E-state index contributed by atoms with van der Waals surface area (Å²) in [5.74, 6) is 0.00346. The summed E-state index contributed by atoms with van der Waals surface area (Å²) in [5.41, 5.74) is 6.66. The molecule has 124 valence electrons. The number of nitrogens with zero attached hydrogens (tertiary/aromatic N) is 1. The predicted octanol–water partition coefficient (Wildman–Crippen LogP) is 2.73. The van der Waals surface area contributed by atoms with Gasteiger partial charge in [0.15, 0.2) is 0 Å². The fourth-order valence-corrected chi connectivity index (χ4v) is 3.09. The zero-order valence-electron chi connectivity index (χ0n) is 13.3. The van der Waals surface area contributed by atoms with Gasteiger partial charge in [-0.1, -0.05) is 42.5 Å². The fraction of sp³-hybridized carbons (Fsp3) is 0.389. The maximum absolute atomic E-state index is 12.7. The van der Waals surface area contributed by atoms with Gasteiger partial charge in [-0.05, 0) is 29.2 Å². The summed E-state index contributed by atoms with van der Waals surface area (Å²) in [6.07, 6.45) is 1.18. The number of hydrogen-bond donors (Lipinski definition) is 1. The number of carbonyl (C=O) groups is 1. The number of nitrogens with two attached hydrogens (primary N) is 1. The fourth-order valence-electron chi connectivity index (χ4n) is 3.09. The molecule has 1 fully saturated rings. The highest BCUT2D eigenvalue weighted by Gasteiger charge is 2.37. The summed E-state index contributed by atoms with van der Waals surface area (Å²) in [6, 6.07) is 14.4. The van der Waals surface area contributed by atoms with Crippen molar-refractivity contribution in [2.75, 3.05) is 20.3 Å². The number of halogens is 1. The van der Waals surface area contributed by atoms with E-state index in [1.807, 2.05) is 25.2 Å². The SMILES string of the molecule is CN(Cc1cccc2ccccc12)C(=O)C1(N)CCOCC1.Cl. The lowest BCUT2D eigenvalue weighted by atomic mass is 9.89. The molecule has 0 radical (unpaired) electrons. The number of carbonyl (C=O) groups excluding carboxylic acids is 1. The van der Waals surface area contributed by atoms with Crippen LogP contribution in [-0.4, -0.2) is 36.6 Å². The van der Waals surface area contributed by atoms with Gasteiger partial charge in [-0.15, -0.1) is 12.4 Å². The molecule has 0 bridgehead atoms. The Morgan fingerprint density at radius 1 is 1.17 bits per heavy atom. The van der Waals surface area contributed by atoms with Crippen LogP contribution in [-0.2, 0) is 16.1 Å². The highest BCUT2D eigenvalue weighted by atomic mass is 35.5. The maximum atomic E-state index is 12.7. The Balaban J connectivity index is 0.00000192. The van der Waals surface area contributed by atoms with Gasteiger partial charge in [0.25, 0.3) is 0 Å². The van der Waals surface area contributed by atoms with E-state index in [2.05, 4.69) is 24.3 Å². The van der Waals surface area contributed by atoms with E-state index in [0.717, 1.165) is 5.56 Å². The van der Waals surface area contributed by atoms with Crippen molar-refractivity contribution >= 4 is 29.1 Å². The molecule has 0 unspecified atom stereocenters. The van der Waals surface area contributed by atoms with Crippen molar-refractivity contribution in [1.82, 2.24) is 4.90 Å². The lowest BCUT2D eigenvalue weighted by molar-refractivity contribution is -0.139. The van der Waals surface area contributed by atoms with Crippen LogP contribution in [0.3, 0.4) is 0 Å². The zero-order valence-corrected chi connectivity index (χ0v) is 14.1. The number of benzene rings is 2. The first-order valence-electron chi connectivity index (χ1n) is 7.69. The van der Waals surface area contributed by atoms with E-state index in [-0.39, 0.29) is 18.3 Å². The maximum Gasteiger partial charge on any atom is 0.242 e. The molecule has 3 rings (SSSR count). The highest BCUT2D eigenvalue weighted by Crippen LogP contribution is 2.23. The van der Waals surface area contributed by atoms with Crippen molar-refractivity contribution in [2.24, 2.45) is 5.73 Å². The van der Waals surface area contributed by atoms with E-state index in [1.54, 1.807) is 4.90 Å². The van der Waals surface area contributed by atoms with Crippen molar-refractivity contribution in [3.8, 4) is 0 Å². The predicted molar refractivity (Wildman–Crippen MR) is 94.6 cm³/mol. The normalized spacial score (nSPS) is 16.6. The lowest BCUT2D eigenvalue weighted by Crippen LogP contribution is -2.57. The highest BCUT2D eigenvalue weighted by molar-refractivity contribution is 5.88. The standard InChI is InChI=1S/C18H22N2O2.ClH/c1-20(17(21)18(19)9-11-22-12-10-18)13-15-7-4-6-14-5-2-3-8-16(14)15;/h2-8H,9-13,19H2,1H3;1H. The average Bonchev–Trinajstić information content (AvgIpc) is 2.55. The van der Waals surface area contributed by atoms with Crippen LogP contribution in [0.5, 0.6) is 0 Å². The van der Waals surface area contributed by atoms with Gasteiger partial charge in [-0.2, -0.15) is 0 Å². The van der Waals surface area contributed by atoms with Gasteiger partial charge in [0, 0.05) is 26.8 Å². The van der Waals surface area contributed by atoms with E-state index in [4.69, 9.17) is 10.5 Å². The second-order valence-corrected chi connectivity index (χ2v) is 6.07. The Labute approximate surface area is 143 Å². The minimum atomic E-state index is -0.780. The summed E-state index contributed by atoms with van der Waals surface area (Å²) in [7, 11) is 1.83. The van der Waals surface area contributed by atoms with Crippen LogP contribution in [0.15, 0.2) is 42.5 Å². The number of rotatable bonds is 3. The Morgan fingerprint density at radius 2 is 1.83 bits per heavy atom. The third-order valence-electron chi connectivity index (χ3n) is 4.45. The molecule has 5 heteroatoms. The Hall–Kier alpha value is -1.62. The molecule has 23 heavy (non-hydrogen) atoms. The average molecular weight is 335 g/mol. The second kappa shape index (κ2) is 7.30. The quantitative estimate of drug-likeness (QED) is 0.939. The molecule has 1 heterocycles. The molecular formula is C18H23ClN2O2. The van der Waals surface area contributed by atoms with Crippen molar-refractivity contribution in [3.05, 3.63) is 48.0 Å². The van der Waals surface area contributed by atoms with E-state index >= 15 is 0 Å². The second-order valence-electron chi connectivity index (χ2n) is 6.07. The molecular weight excluding hydrogens is 312 g/mol. The molecule has 0 spiro atoms. The van der Waals surface area contributed by atoms with Gasteiger partial charge < -0.3 is 15.4 Å². The number of amides is 1. The number of ether oxygens (including phenoxy) is 1. The minimum Gasteiger partial charge on any atom is -0.381 e. The van der Waals surface area contributed by atoms with Crippen LogP contribution in [0.2, 0.25) is 0 Å². The Bertz CT molecular complexity index is 678. The Kier molecular flexibility index (Phi) is 5.63. The summed E-state index contributed by atoms with van der Waals surface area (Å²) in [4.78, 5) is 14.4. The van der Waals surface area contributed by atoms with E-state index in [1.165, 1.54) is 10.8 Å². The van der Waals surface area contributed by atoms with Crippen LogP contribution in [0.4, 0.5) is 0 Å². The molecule has 1 aliphatic heterocycles.